The second-order valence-corrected chi connectivity index (χ2v) is 4.75. The zero-order valence-electron chi connectivity index (χ0n) is 11.7. The zero-order chi connectivity index (χ0) is 14.7. The fourth-order valence-electron chi connectivity index (χ4n) is 2.13. The number of halogens is 2. The molecule has 1 unspecified atom stereocenters. The number of nitrogens with one attached hydrogen (secondary N) is 1. The molecule has 0 aliphatic rings. The van der Waals surface area contributed by atoms with E-state index in [1.165, 1.54) is 12.1 Å². The average molecular weight is 277 g/mol. The number of aryl methyl sites for hydroxylation is 1. The van der Waals surface area contributed by atoms with Gasteiger partial charge in [0.15, 0.2) is 0 Å². The lowest BCUT2D eigenvalue weighted by atomic mass is 10.1. The highest BCUT2D eigenvalue weighted by Gasteiger charge is 2.09. The number of anilines is 1. The Morgan fingerprint density at radius 2 is 1.70 bits per heavy atom. The van der Waals surface area contributed by atoms with Crippen LogP contribution < -0.4 is 10.1 Å². The van der Waals surface area contributed by atoms with E-state index in [0.29, 0.717) is 5.56 Å². The van der Waals surface area contributed by atoms with Gasteiger partial charge in [0.05, 0.1) is 7.11 Å². The van der Waals surface area contributed by atoms with Crippen molar-refractivity contribution in [1.82, 2.24) is 0 Å². The van der Waals surface area contributed by atoms with Gasteiger partial charge < -0.3 is 10.1 Å². The second kappa shape index (κ2) is 5.90. The maximum Gasteiger partial charge on any atom is 0.126 e. The van der Waals surface area contributed by atoms with E-state index in [0.717, 1.165) is 23.1 Å². The van der Waals surface area contributed by atoms with Crippen LogP contribution in [0, 0.1) is 18.6 Å². The molecule has 106 valence electrons. The van der Waals surface area contributed by atoms with Gasteiger partial charge in [-0.1, -0.05) is 0 Å². The average Bonchev–Trinajstić information content (AvgIpc) is 2.37. The molecule has 0 saturated carbocycles. The van der Waals surface area contributed by atoms with Gasteiger partial charge in [-0.3, -0.25) is 0 Å². The summed E-state index contributed by atoms with van der Waals surface area (Å²) in [4.78, 5) is 0. The van der Waals surface area contributed by atoms with Crippen molar-refractivity contribution in [3.8, 4) is 5.75 Å². The van der Waals surface area contributed by atoms with Crippen molar-refractivity contribution >= 4 is 5.69 Å². The van der Waals surface area contributed by atoms with Crippen molar-refractivity contribution < 1.29 is 13.5 Å². The summed E-state index contributed by atoms with van der Waals surface area (Å²) in [5.41, 5.74) is 2.44. The van der Waals surface area contributed by atoms with Crippen LogP contribution in [-0.4, -0.2) is 7.11 Å². The molecule has 0 aliphatic heterocycles. The summed E-state index contributed by atoms with van der Waals surface area (Å²) in [6.45, 7) is 3.80. The van der Waals surface area contributed by atoms with Crippen LogP contribution in [-0.2, 0) is 0 Å². The van der Waals surface area contributed by atoms with E-state index in [-0.39, 0.29) is 6.04 Å². The minimum absolute atomic E-state index is 0.201. The number of hydrogen-bond donors (Lipinski definition) is 1. The minimum atomic E-state index is -0.570. The van der Waals surface area contributed by atoms with Crippen LogP contribution in [0.3, 0.4) is 0 Å². The van der Waals surface area contributed by atoms with E-state index in [2.05, 4.69) is 5.32 Å². The van der Waals surface area contributed by atoms with Gasteiger partial charge in [-0.2, -0.15) is 0 Å². The smallest absolute Gasteiger partial charge is 0.126 e. The van der Waals surface area contributed by atoms with Crippen LogP contribution in [0.1, 0.15) is 24.1 Å². The van der Waals surface area contributed by atoms with Crippen LogP contribution in [0.15, 0.2) is 36.4 Å². The lowest BCUT2D eigenvalue weighted by Gasteiger charge is -2.17. The molecule has 0 spiro atoms. The van der Waals surface area contributed by atoms with Crippen LogP contribution in [0.5, 0.6) is 5.75 Å². The fraction of sp³-hybridized carbons (Fsp3) is 0.250. The van der Waals surface area contributed by atoms with Crippen molar-refractivity contribution in [1.29, 1.82) is 0 Å². The normalized spacial score (nSPS) is 12.1. The van der Waals surface area contributed by atoms with Crippen molar-refractivity contribution in [3.05, 3.63) is 59.2 Å². The molecule has 20 heavy (non-hydrogen) atoms. The summed E-state index contributed by atoms with van der Waals surface area (Å²) in [6, 6.07) is 9.00. The van der Waals surface area contributed by atoms with Crippen LogP contribution in [0.25, 0.3) is 0 Å². The Labute approximate surface area is 117 Å². The summed E-state index contributed by atoms with van der Waals surface area (Å²) in [5, 5.41) is 3.22. The van der Waals surface area contributed by atoms with Gasteiger partial charge >= 0.3 is 0 Å². The predicted octanol–water partition coefficient (Wildman–Crippen LogP) is 4.45. The summed E-state index contributed by atoms with van der Waals surface area (Å²) < 4.78 is 31.6. The molecule has 0 amide bonds. The molecular weight excluding hydrogens is 260 g/mol. The van der Waals surface area contributed by atoms with E-state index in [4.69, 9.17) is 4.74 Å². The Morgan fingerprint density at radius 3 is 2.25 bits per heavy atom. The van der Waals surface area contributed by atoms with E-state index >= 15 is 0 Å². The highest BCUT2D eigenvalue weighted by molar-refractivity contribution is 5.52. The third-order valence-electron chi connectivity index (χ3n) is 3.16. The van der Waals surface area contributed by atoms with E-state index in [1.54, 1.807) is 7.11 Å². The maximum absolute atomic E-state index is 13.2. The summed E-state index contributed by atoms with van der Waals surface area (Å²) in [5.74, 6) is -0.334. The van der Waals surface area contributed by atoms with Crippen molar-refractivity contribution in [2.24, 2.45) is 0 Å². The third kappa shape index (κ3) is 3.26. The standard InChI is InChI=1S/C16H17F2NO/c1-10-6-15(4-5-16(10)20-3)19-11(2)12-7-13(17)9-14(18)8-12/h4-9,11,19H,1-3H3. The molecule has 0 bridgehead atoms. The Balaban J connectivity index is 2.18. The molecule has 0 radical (unpaired) electrons. The van der Waals surface area contributed by atoms with E-state index < -0.39 is 11.6 Å². The maximum atomic E-state index is 13.2. The predicted molar refractivity (Wildman–Crippen MR) is 76.1 cm³/mol. The van der Waals surface area contributed by atoms with Crippen molar-refractivity contribution in [3.63, 3.8) is 0 Å². The molecule has 0 aromatic heterocycles. The number of benzene rings is 2. The van der Waals surface area contributed by atoms with Crippen LogP contribution in [0.4, 0.5) is 14.5 Å². The zero-order valence-corrected chi connectivity index (χ0v) is 11.7. The highest BCUT2D eigenvalue weighted by Crippen LogP contribution is 2.25. The van der Waals surface area contributed by atoms with Gasteiger partial charge in [0.1, 0.15) is 17.4 Å². The molecule has 2 aromatic carbocycles. The van der Waals surface area contributed by atoms with Gasteiger partial charge in [0, 0.05) is 17.8 Å². The monoisotopic (exact) mass is 277 g/mol. The first-order chi connectivity index (χ1) is 9.49. The Bertz CT molecular complexity index is 593. The molecule has 4 heteroatoms. The minimum Gasteiger partial charge on any atom is -0.496 e. The number of ether oxygens (including phenoxy) is 1. The van der Waals surface area contributed by atoms with Gasteiger partial charge in [-0.15, -0.1) is 0 Å². The van der Waals surface area contributed by atoms with Gasteiger partial charge in [-0.05, 0) is 55.3 Å². The van der Waals surface area contributed by atoms with E-state index in [9.17, 15) is 8.78 Å². The molecule has 1 N–H and O–H groups in total. The second-order valence-electron chi connectivity index (χ2n) is 4.75. The quantitative estimate of drug-likeness (QED) is 0.891. The Morgan fingerprint density at radius 1 is 1.05 bits per heavy atom. The van der Waals surface area contributed by atoms with Gasteiger partial charge in [-0.25, -0.2) is 8.78 Å². The Kier molecular flexibility index (Phi) is 4.23. The van der Waals surface area contributed by atoms with E-state index in [1.807, 2.05) is 32.0 Å². The lowest BCUT2D eigenvalue weighted by Crippen LogP contribution is -2.07. The molecule has 2 aromatic rings. The topological polar surface area (TPSA) is 21.3 Å². The number of hydrogen-bond acceptors (Lipinski definition) is 2. The first kappa shape index (κ1) is 14.3. The third-order valence-corrected chi connectivity index (χ3v) is 3.16. The summed E-state index contributed by atoms with van der Waals surface area (Å²) in [6.07, 6.45) is 0. The van der Waals surface area contributed by atoms with Crippen molar-refractivity contribution in [2.75, 3.05) is 12.4 Å². The van der Waals surface area contributed by atoms with Crippen LogP contribution >= 0.6 is 0 Å². The summed E-state index contributed by atoms with van der Waals surface area (Å²) in [7, 11) is 1.62. The SMILES string of the molecule is COc1ccc(NC(C)c2cc(F)cc(F)c2)cc1C. The highest BCUT2D eigenvalue weighted by atomic mass is 19.1. The molecule has 0 aliphatic carbocycles. The van der Waals surface area contributed by atoms with Crippen LogP contribution in [0.2, 0.25) is 0 Å². The molecule has 1 atom stereocenters. The first-order valence-electron chi connectivity index (χ1n) is 6.37. The number of rotatable bonds is 4. The lowest BCUT2D eigenvalue weighted by molar-refractivity contribution is 0.412. The largest absolute Gasteiger partial charge is 0.496 e. The van der Waals surface area contributed by atoms with Gasteiger partial charge in [0.25, 0.3) is 0 Å². The molecule has 0 saturated heterocycles. The molecular formula is C16H17F2NO. The molecule has 2 nitrogen and oxygen atoms in total. The summed E-state index contributed by atoms with van der Waals surface area (Å²) >= 11 is 0. The van der Waals surface area contributed by atoms with Gasteiger partial charge in [0.2, 0.25) is 0 Å². The first-order valence-corrected chi connectivity index (χ1v) is 6.37. The molecule has 0 heterocycles. The number of methoxy groups -OCH3 is 1. The molecule has 2 rings (SSSR count). The fourth-order valence-corrected chi connectivity index (χ4v) is 2.13. The Hall–Kier alpha value is -2.10. The molecule has 0 fully saturated rings. The van der Waals surface area contributed by atoms with Crippen molar-refractivity contribution in [2.45, 2.75) is 19.9 Å².